The minimum absolute atomic E-state index is 0. The van der Waals surface area contributed by atoms with Crippen LogP contribution in [0.2, 0.25) is 0 Å². The van der Waals surface area contributed by atoms with E-state index in [2.05, 4.69) is 16.1 Å². The normalized spacial score (nSPS) is 14.0. The number of halogens is 1. The summed E-state index contributed by atoms with van der Waals surface area (Å²) in [5.74, 6) is -1.26. The molecule has 96 valence electrons. The minimum atomic E-state index is -0.671. The Labute approximate surface area is 106 Å². The van der Waals surface area contributed by atoms with Crippen LogP contribution in [0.4, 0.5) is 10.1 Å². The molecule has 0 saturated heterocycles. The van der Waals surface area contributed by atoms with Gasteiger partial charge in [-0.05, 0) is 37.1 Å². The van der Waals surface area contributed by atoms with Crippen molar-refractivity contribution in [2.75, 3.05) is 12.4 Å². The number of hydrogen-bond acceptors (Lipinski definition) is 3. The van der Waals surface area contributed by atoms with Crippen molar-refractivity contribution in [2.45, 2.75) is 12.8 Å². The predicted octanol–water partition coefficient (Wildman–Crippen LogP) is 3.50. The Kier molecular flexibility index (Phi) is 3.77. The van der Waals surface area contributed by atoms with Crippen LogP contribution in [0.3, 0.4) is 0 Å². The van der Waals surface area contributed by atoms with Gasteiger partial charge in [0.2, 0.25) is 0 Å². The van der Waals surface area contributed by atoms with Gasteiger partial charge in [-0.2, -0.15) is 0 Å². The second-order valence-corrected chi connectivity index (χ2v) is 3.95. The van der Waals surface area contributed by atoms with E-state index in [1.165, 1.54) is 19.2 Å². The number of carbonyl (C=O) groups is 1. The zero-order valence-electron chi connectivity index (χ0n) is 10.1. The van der Waals surface area contributed by atoms with E-state index in [4.69, 9.17) is 0 Å². The molecule has 0 radical (unpaired) electrons. The molecule has 0 bridgehead atoms. The molecule has 0 fully saturated rings. The van der Waals surface area contributed by atoms with Crippen LogP contribution in [0.15, 0.2) is 42.1 Å². The molecule has 0 atom stereocenters. The molecule has 0 unspecified atom stereocenters. The number of nitrogens with one attached hydrogen (secondary N) is 1. The van der Waals surface area contributed by atoms with Crippen LogP contribution in [0, 0.1) is 5.82 Å². The summed E-state index contributed by atoms with van der Waals surface area (Å²) in [4.78, 5) is 11.2. The lowest BCUT2D eigenvalue weighted by molar-refractivity contribution is 0.0595. The number of carbonyl (C=O) groups excluding carboxylic acids is 1. The van der Waals surface area contributed by atoms with Gasteiger partial charge >= 0.3 is 5.97 Å². The highest BCUT2D eigenvalue weighted by molar-refractivity contribution is 5.90. The maximum absolute atomic E-state index is 13.7. The molecule has 1 aliphatic rings. The number of methoxy groups -OCH3 is 1. The topological polar surface area (TPSA) is 38.3 Å². The van der Waals surface area contributed by atoms with Gasteiger partial charge in [0.05, 0.1) is 12.7 Å². The van der Waals surface area contributed by atoms with Crippen LogP contribution in [0.1, 0.15) is 24.6 Å². The molecule has 1 N–H and O–H groups in total. The number of ether oxygens (including phenoxy) is 1. The maximum Gasteiger partial charge on any atom is 0.340 e. The van der Waals surface area contributed by atoms with Crippen LogP contribution in [0.25, 0.3) is 0 Å². The summed E-state index contributed by atoms with van der Waals surface area (Å²) in [6.07, 6.45) is 8.06. The van der Waals surface area contributed by atoms with Gasteiger partial charge in [0.25, 0.3) is 0 Å². The Balaban J connectivity index is 0.00000180. The van der Waals surface area contributed by atoms with Crippen molar-refractivity contribution in [2.24, 2.45) is 0 Å². The van der Waals surface area contributed by atoms with Crippen molar-refractivity contribution in [3.8, 4) is 0 Å². The van der Waals surface area contributed by atoms with Gasteiger partial charge in [0, 0.05) is 12.8 Å². The lowest BCUT2D eigenvalue weighted by atomic mass is 10.1. The van der Waals surface area contributed by atoms with Crippen LogP contribution in [0.5, 0.6) is 0 Å². The van der Waals surface area contributed by atoms with Crippen molar-refractivity contribution in [3.05, 3.63) is 53.5 Å². The van der Waals surface area contributed by atoms with E-state index >= 15 is 0 Å². The van der Waals surface area contributed by atoms with Crippen molar-refractivity contribution in [3.63, 3.8) is 0 Å². The van der Waals surface area contributed by atoms with Crippen LogP contribution < -0.4 is 5.32 Å². The molecule has 1 aliphatic carbocycles. The quantitative estimate of drug-likeness (QED) is 0.833. The van der Waals surface area contributed by atoms with Gasteiger partial charge in [-0.15, -0.1) is 0 Å². The van der Waals surface area contributed by atoms with Gasteiger partial charge in [-0.1, -0.05) is 12.2 Å². The summed E-state index contributed by atoms with van der Waals surface area (Å²) in [6, 6.07) is 4.35. The first-order valence-electron chi connectivity index (χ1n) is 5.72. The number of rotatable bonds is 3. The van der Waals surface area contributed by atoms with E-state index in [0.29, 0.717) is 5.69 Å². The molecular weight excluding hydrogens is 233 g/mol. The lowest BCUT2D eigenvalue weighted by Gasteiger charge is -2.11. The fraction of sp³-hybridized carbons (Fsp3) is 0.214. The van der Waals surface area contributed by atoms with Gasteiger partial charge < -0.3 is 10.1 Å². The number of benzene rings is 1. The van der Waals surface area contributed by atoms with E-state index in [1.807, 2.05) is 12.2 Å². The highest BCUT2D eigenvalue weighted by Crippen LogP contribution is 2.19. The first-order chi connectivity index (χ1) is 8.70. The molecule has 2 rings (SSSR count). The van der Waals surface area contributed by atoms with Gasteiger partial charge in [0.15, 0.2) is 0 Å². The number of hydrogen-bond donors (Lipinski definition) is 1. The summed E-state index contributed by atoms with van der Waals surface area (Å²) < 4.78 is 18.1. The Morgan fingerprint density at radius 3 is 2.89 bits per heavy atom. The Hall–Kier alpha value is -2.10. The van der Waals surface area contributed by atoms with Crippen molar-refractivity contribution in [1.29, 1.82) is 0 Å². The SMILES string of the molecule is COC(=O)c1ccc(NC2=CCCC=C2)cc1F.[HH]. The zero-order valence-corrected chi connectivity index (χ0v) is 10.1. The van der Waals surface area contributed by atoms with Crippen molar-refractivity contribution < 1.29 is 15.3 Å². The summed E-state index contributed by atoms with van der Waals surface area (Å²) in [5, 5.41) is 3.09. The number of esters is 1. The Morgan fingerprint density at radius 1 is 1.44 bits per heavy atom. The molecule has 0 spiro atoms. The first-order valence-corrected chi connectivity index (χ1v) is 5.72. The molecule has 3 nitrogen and oxygen atoms in total. The van der Waals surface area contributed by atoms with Crippen LogP contribution in [-0.4, -0.2) is 13.1 Å². The number of allylic oxidation sites excluding steroid dienone is 3. The molecule has 0 aliphatic heterocycles. The molecule has 0 heterocycles. The standard InChI is InChI=1S/C14H14FNO2.H2/c1-18-14(17)12-8-7-11(9-13(12)15)16-10-5-3-2-4-6-10;/h3,5-9,16H,2,4H2,1H3;1H. The average molecular weight is 249 g/mol. The van der Waals surface area contributed by atoms with E-state index in [-0.39, 0.29) is 6.99 Å². The number of anilines is 1. The molecule has 18 heavy (non-hydrogen) atoms. The third-order valence-electron chi connectivity index (χ3n) is 2.66. The minimum Gasteiger partial charge on any atom is -0.465 e. The summed E-state index contributed by atoms with van der Waals surface area (Å²) >= 11 is 0. The molecule has 0 amide bonds. The zero-order chi connectivity index (χ0) is 13.0. The lowest BCUT2D eigenvalue weighted by Crippen LogP contribution is -2.06. The maximum atomic E-state index is 13.7. The summed E-state index contributed by atoms with van der Waals surface area (Å²) in [6.45, 7) is 0. The smallest absolute Gasteiger partial charge is 0.340 e. The van der Waals surface area contributed by atoms with E-state index in [9.17, 15) is 9.18 Å². The second kappa shape index (κ2) is 5.49. The Morgan fingerprint density at radius 2 is 2.28 bits per heavy atom. The Bertz CT molecular complexity index is 526. The van der Waals surface area contributed by atoms with Crippen molar-refractivity contribution >= 4 is 11.7 Å². The molecule has 1 aromatic rings. The average Bonchev–Trinajstić information content (AvgIpc) is 2.39. The predicted molar refractivity (Wildman–Crippen MR) is 69.9 cm³/mol. The third kappa shape index (κ3) is 2.77. The van der Waals surface area contributed by atoms with E-state index in [1.54, 1.807) is 6.07 Å². The fourth-order valence-electron chi connectivity index (χ4n) is 1.74. The fourth-order valence-corrected chi connectivity index (χ4v) is 1.74. The second-order valence-electron chi connectivity index (χ2n) is 3.95. The molecule has 4 heteroatoms. The van der Waals surface area contributed by atoms with Gasteiger partial charge in [0.1, 0.15) is 5.82 Å². The monoisotopic (exact) mass is 249 g/mol. The van der Waals surface area contributed by atoms with Gasteiger partial charge in [-0.25, -0.2) is 9.18 Å². The first kappa shape index (κ1) is 12.4. The van der Waals surface area contributed by atoms with E-state index in [0.717, 1.165) is 18.5 Å². The molecule has 1 aromatic carbocycles. The van der Waals surface area contributed by atoms with E-state index < -0.39 is 11.8 Å². The highest BCUT2D eigenvalue weighted by atomic mass is 19.1. The van der Waals surface area contributed by atoms with Gasteiger partial charge in [-0.3, -0.25) is 0 Å². The molecule has 0 saturated carbocycles. The third-order valence-corrected chi connectivity index (χ3v) is 2.66. The largest absolute Gasteiger partial charge is 0.465 e. The summed E-state index contributed by atoms with van der Waals surface area (Å²) in [7, 11) is 1.23. The molecule has 0 aromatic heterocycles. The molecular formula is C14H16FNO2. The van der Waals surface area contributed by atoms with Crippen LogP contribution in [-0.2, 0) is 4.74 Å². The summed E-state index contributed by atoms with van der Waals surface area (Å²) in [5.41, 5.74) is 1.49. The van der Waals surface area contributed by atoms with Crippen LogP contribution >= 0.6 is 0 Å². The van der Waals surface area contributed by atoms with Crippen molar-refractivity contribution in [1.82, 2.24) is 0 Å². The highest BCUT2D eigenvalue weighted by Gasteiger charge is 2.12.